The molecule has 1 N–H and O–H groups in total. The Hall–Kier alpha value is -2.38. The van der Waals surface area contributed by atoms with Crippen LogP contribution in [0.4, 0.5) is 5.69 Å². The molecule has 7 heteroatoms. The number of anilines is 1. The van der Waals surface area contributed by atoms with Crippen LogP contribution in [-0.4, -0.2) is 38.3 Å². The Morgan fingerprint density at radius 2 is 1.64 bits per heavy atom. The minimum atomic E-state index is -3.46. The van der Waals surface area contributed by atoms with Crippen LogP contribution >= 0.6 is 0 Å². The maximum atomic E-state index is 12.6. The first-order chi connectivity index (χ1) is 13.5. The van der Waals surface area contributed by atoms with Gasteiger partial charge in [-0.15, -0.1) is 0 Å². The minimum Gasteiger partial charge on any atom is -0.484 e. The number of aryl methyl sites for hydroxylation is 1. The highest BCUT2D eigenvalue weighted by atomic mass is 32.2. The lowest BCUT2D eigenvalue weighted by Crippen LogP contribution is -2.35. The average molecular weight is 403 g/mol. The molecule has 1 amide bonds. The van der Waals surface area contributed by atoms with Gasteiger partial charge >= 0.3 is 0 Å². The summed E-state index contributed by atoms with van der Waals surface area (Å²) in [6.45, 7) is 3.07. The first kappa shape index (κ1) is 20.4. The lowest BCUT2D eigenvalue weighted by Gasteiger charge is -2.25. The molecule has 0 spiro atoms. The molecule has 1 heterocycles. The van der Waals surface area contributed by atoms with E-state index < -0.39 is 10.0 Å². The number of sulfonamides is 1. The zero-order chi connectivity index (χ0) is 20.0. The normalized spacial score (nSPS) is 15.2. The summed E-state index contributed by atoms with van der Waals surface area (Å²) in [4.78, 5) is 12.3. The van der Waals surface area contributed by atoms with Gasteiger partial charge in [0.2, 0.25) is 10.0 Å². The Morgan fingerprint density at radius 1 is 1.00 bits per heavy atom. The number of piperidine rings is 1. The molecule has 3 rings (SSSR count). The van der Waals surface area contributed by atoms with Crippen molar-refractivity contribution in [3.05, 3.63) is 54.1 Å². The first-order valence-corrected chi connectivity index (χ1v) is 11.0. The van der Waals surface area contributed by atoms with E-state index in [1.165, 1.54) is 22.0 Å². The Kier molecular flexibility index (Phi) is 6.70. The molecule has 150 valence electrons. The number of nitrogens with one attached hydrogen (secondary N) is 1. The maximum Gasteiger partial charge on any atom is 0.262 e. The van der Waals surface area contributed by atoms with E-state index in [1.54, 1.807) is 12.1 Å². The van der Waals surface area contributed by atoms with Crippen LogP contribution in [0.3, 0.4) is 0 Å². The van der Waals surface area contributed by atoms with Crippen molar-refractivity contribution in [1.29, 1.82) is 0 Å². The molecule has 0 atom stereocenters. The van der Waals surface area contributed by atoms with E-state index in [1.807, 2.05) is 24.3 Å². The fourth-order valence-electron chi connectivity index (χ4n) is 3.13. The number of rotatable bonds is 7. The summed E-state index contributed by atoms with van der Waals surface area (Å²) >= 11 is 0. The van der Waals surface area contributed by atoms with Gasteiger partial charge in [0.1, 0.15) is 5.75 Å². The lowest BCUT2D eigenvalue weighted by molar-refractivity contribution is -0.118. The number of nitrogens with zero attached hydrogens (tertiary/aromatic N) is 1. The molecule has 0 bridgehead atoms. The number of carbonyl (C=O) groups excluding carboxylic acids is 1. The summed E-state index contributed by atoms with van der Waals surface area (Å²) in [6.07, 6.45) is 3.82. The summed E-state index contributed by atoms with van der Waals surface area (Å²) in [5, 5.41) is 2.78. The molecule has 0 unspecified atom stereocenters. The van der Waals surface area contributed by atoms with E-state index in [4.69, 9.17) is 4.74 Å². The van der Waals surface area contributed by atoms with Crippen LogP contribution in [0.1, 0.15) is 31.7 Å². The van der Waals surface area contributed by atoms with Gasteiger partial charge in [-0.1, -0.05) is 25.5 Å². The second-order valence-electron chi connectivity index (χ2n) is 6.82. The molecule has 2 aromatic carbocycles. The topological polar surface area (TPSA) is 75.7 Å². The lowest BCUT2D eigenvalue weighted by atomic mass is 10.1. The number of ether oxygens (including phenoxy) is 1. The average Bonchev–Trinajstić information content (AvgIpc) is 2.74. The predicted octanol–water partition coefficient (Wildman–Crippen LogP) is 3.44. The summed E-state index contributed by atoms with van der Waals surface area (Å²) in [6, 6.07) is 13.9. The van der Waals surface area contributed by atoms with E-state index in [2.05, 4.69) is 12.2 Å². The van der Waals surface area contributed by atoms with Crippen LogP contribution in [0, 0.1) is 0 Å². The predicted molar refractivity (Wildman–Crippen MR) is 109 cm³/mol. The van der Waals surface area contributed by atoms with Gasteiger partial charge in [0, 0.05) is 18.8 Å². The van der Waals surface area contributed by atoms with Crippen molar-refractivity contribution in [2.45, 2.75) is 37.5 Å². The van der Waals surface area contributed by atoms with Crippen LogP contribution < -0.4 is 10.1 Å². The summed E-state index contributed by atoms with van der Waals surface area (Å²) < 4.78 is 32.3. The van der Waals surface area contributed by atoms with Crippen LogP contribution in [0.2, 0.25) is 0 Å². The Bertz CT molecular complexity index is 887. The van der Waals surface area contributed by atoms with Gasteiger partial charge in [-0.25, -0.2) is 8.42 Å². The van der Waals surface area contributed by atoms with E-state index in [0.29, 0.717) is 24.5 Å². The Labute approximate surface area is 166 Å². The smallest absolute Gasteiger partial charge is 0.262 e. The van der Waals surface area contributed by atoms with Crippen molar-refractivity contribution in [1.82, 2.24) is 4.31 Å². The van der Waals surface area contributed by atoms with Crippen molar-refractivity contribution in [2.24, 2.45) is 0 Å². The van der Waals surface area contributed by atoms with Gasteiger partial charge in [-0.2, -0.15) is 4.31 Å². The zero-order valence-electron chi connectivity index (χ0n) is 16.1. The highest BCUT2D eigenvalue weighted by molar-refractivity contribution is 7.89. The number of benzene rings is 2. The molecule has 0 aromatic heterocycles. The molecule has 28 heavy (non-hydrogen) atoms. The van der Waals surface area contributed by atoms with Crippen molar-refractivity contribution >= 4 is 21.6 Å². The molecule has 0 aliphatic carbocycles. The quantitative estimate of drug-likeness (QED) is 0.770. The zero-order valence-corrected chi connectivity index (χ0v) is 16.9. The van der Waals surface area contributed by atoms with E-state index in [0.717, 1.165) is 25.7 Å². The first-order valence-electron chi connectivity index (χ1n) is 9.61. The van der Waals surface area contributed by atoms with Gasteiger partial charge in [0.15, 0.2) is 6.61 Å². The van der Waals surface area contributed by atoms with E-state index in [-0.39, 0.29) is 17.4 Å². The van der Waals surface area contributed by atoms with E-state index in [9.17, 15) is 13.2 Å². The van der Waals surface area contributed by atoms with Gasteiger partial charge in [0.25, 0.3) is 5.91 Å². The second-order valence-corrected chi connectivity index (χ2v) is 8.76. The highest BCUT2D eigenvalue weighted by Crippen LogP contribution is 2.22. The van der Waals surface area contributed by atoms with Crippen molar-refractivity contribution in [3.63, 3.8) is 0 Å². The fraction of sp³-hybridized carbons (Fsp3) is 0.381. The van der Waals surface area contributed by atoms with Crippen molar-refractivity contribution in [3.8, 4) is 5.75 Å². The number of carbonyl (C=O) groups is 1. The van der Waals surface area contributed by atoms with Gasteiger partial charge in [-0.05, 0) is 61.2 Å². The molecule has 6 nitrogen and oxygen atoms in total. The number of hydrogen-bond donors (Lipinski definition) is 1. The fourth-order valence-corrected chi connectivity index (χ4v) is 4.65. The molecule has 1 aliphatic rings. The van der Waals surface area contributed by atoms with Gasteiger partial charge in [0.05, 0.1) is 4.90 Å². The molecule has 2 aromatic rings. The third-order valence-electron chi connectivity index (χ3n) is 4.79. The molecule has 0 radical (unpaired) electrons. The minimum absolute atomic E-state index is 0.145. The summed E-state index contributed by atoms with van der Waals surface area (Å²) in [7, 11) is -3.46. The molecular weight excluding hydrogens is 376 g/mol. The van der Waals surface area contributed by atoms with Crippen LogP contribution in [0.5, 0.6) is 5.75 Å². The third-order valence-corrected chi connectivity index (χ3v) is 6.71. The second kappa shape index (κ2) is 9.21. The number of hydrogen-bond acceptors (Lipinski definition) is 4. The number of amides is 1. The molecule has 1 fully saturated rings. The third kappa shape index (κ3) is 5.11. The molecule has 1 aliphatic heterocycles. The monoisotopic (exact) mass is 402 g/mol. The summed E-state index contributed by atoms with van der Waals surface area (Å²) in [5.41, 5.74) is 1.92. The van der Waals surface area contributed by atoms with E-state index >= 15 is 0 Å². The summed E-state index contributed by atoms with van der Waals surface area (Å²) in [5.74, 6) is 0.184. The van der Waals surface area contributed by atoms with Crippen molar-refractivity contribution < 1.29 is 17.9 Å². The largest absolute Gasteiger partial charge is 0.484 e. The SMILES string of the molecule is CCc1ccc(NC(=O)COc2ccc(S(=O)(=O)N3CCCCC3)cc2)cc1. The molecular formula is C21H26N2O4S. The van der Waals surface area contributed by atoms with Gasteiger partial charge in [-0.3, -0.25) is 4.79 Å². The highest BCUT2D eigenvalue weighted by Gasteiger charge is 2.25. The van der Waals surface area contributed by atoms with Crippen LogP contribution in [-0.2, 0) is 21.2 Å². The Balaban J connectivity index is 1.54. The molecule has 1 saturated heterocycles. The van der Waals surface area contributed by atoms with Crippen LogP contribution in [0.15, 0.2) is 53.4 Å². The van der Waals surface area contributed by atoms with Gasteiger partial charge < -0.3 is 10.1 Å². The Morgan fingerprint density at radius 3 is 2.25 bits per heavy atom. The van der Waals surface area contributed by atoms with Crippen molar-refractivity contribution in [2.75, 3.05) is 25.0 Å². The maximum absolute atomic E-state index is 12.6. The van der Waals surface area contributed by atoms with Crippen LogP contribution in [0.25, 0.3) is 0 Å². The standard InChI is InChI=1S/C21H26N2O4S/c1-2-17-6-8-18(9-7-17)22-21(24)16-27-19-10-12-20(13-11-19)28(25,26)23-14-4-3-5-15-23/h6-13H,2-5,14-16H2,1H3,(H,22,24). The molecule has 0 saturated carbocycles.